The molecule has 0 spiro atoms. The minimum Gasteiger partial charge on any atom is -0.479 e. The Bertz CT molecular complexity index is 964. The lowest BCUT2D eigenvalue weighted by Crippen LogP contribution is -2.55. The summed E-state index contributed by atoms with van der Waals surface area (Å²) in [5.41, 5.74) is 2.51. The summed E-state index contributed by atoms with van der Waals surface area (Å²) in [7, 11) is 0. The summed E-state index contributed by atoms with van der Waals surface area (Å²) in [6.07, 6.45) is -2.45. The second-order valence-corrected chi connectivity index (χ2v) is 7.91. The molecule has 0 aliphatic heterocycles. The molecule has 0 heterocycles. The largest absolute Gasteiger partial charge is 0.479 e. The van der Waals surface area contributed by atoms with Crippen molar-refractivity contribution in [2.24, 2.45) is 0 Å². The van der Waals surface area contributed by atoms with E-state index >= 15 is 0 Å². The Morgan fingerprint density at radius 1 is 1.06 bits per heavy atom. The SMILES string of the molecule is CC(CO)(NC(=O)CC(O)CNC(=O)OCC1c2ccccc2-c2ccccc21)C(=O)O. The number of carbonyl (C=O) groups is 3. The summed E-state index contributed by atoms with van der Waals surface area (Å²) in [6, 6.07) is 15.9. The van der Waals surface area contributed by atoms with Gasteiger partial charge in [0, 0.05) is 12.5 Å². The summed E-state index contributed by atoms with van der Waals surface area (Å²) in [5, 5.41) is 32.7. The van der Waals surface area contributed by atoms with Crippen molar-refractivity contribution in [2.45, 2.75) is 30.9 Å². The molecule has 2 aromatic carbocycles. The first kappa shape index (κ1) is 23.2. The predicted octanol–water partition coefficient (Wildman–Crippen LogP) is 1.23. The molecule has 0 aromatic heterocycles. The van der Waals surface area contributed by atoms with Gasteiger partial charge in [0.25, 0.3) is 0 Å². The molecular formula is C23H26N2O7. The fourth-order valence-electron chi connectivity index (χ4n) is 3.66. The van der Waals surface area contributed by atoms with E-state index in [1.54, 1.807) is 0 Å². The number of rotatable bonds is 9. The van der Waals surface area contributed by atoms with Crippen LogP contribution in [0.25, 0.3) is 11.1 Å². The molecule has 0 fully saturated rings. The van der Waals surface area contributed by atoms with Gasteiger partial charge in [-0.05, 0) is 29.2 Å². The van der Waals surface area contributed by atoms with E-state index in [2.05, 4.69) is 10.6 Å². The van der Waals surface area contributed by atoms with Crippen LogP contribution in [0, 0.1) is 0 Å². The van der Waals surface area contributed by atoms with Crippen LogP contribution in [0.1, 0.15) is 30.4 Å². The monoisotopic (exact) mass is 442 g/mol. The average Bonchev–Trinajstić information content (AvgIpc) is 3.09. The number of carbonyl (C=O) groups excluding carboxylic acids is 2. The Morgan fingerprint density at radius 3 is 2.16 bits per heavy atom. The second-order valence-electron chi connectivity index (χ2n) is 7.91. The van der Waals surface area contributed by atoms with E-state index in [0.717, 1.165) is 29.2 Å². The Morgan fingerprint density at radius 2 is 1.62 bits per heavy atom. The van der Waals surface area contributed by atoms with E-state index in [9.17, 15) is 19.5 Å². The van der Waals surface area contributed by atoms with E-state index in [-0.39, 0.29) is 19.1 Å². The molecule has 9 nitrogen and oxygen atoms in total. The molecule has 2 unspecified atom stereocenters. The number of ether oxygens (including phenoxy) is 1. The van der Waals surface area contributed by atoms with Crippen molar-refractivity contribution in [1.82, 2.24) is 10.6 Å². The third-order valence-electron chi connectivity index (χ3n) is 5.45. The number of fused-ring (bicyclic) bond motifs is 3. The van der Waals surface area contributed by atoms with Gasteiger partial charge >= 0.3 is 12.1 Å². The summed E-state index contributed by atoms with van der Waals surface area (Å²) in [5.74, 6) is -2.28. The average molecular weight is 442 g/mol. The fraction of sp³-hybridized carbons (Fsp3) is 0.348. The number of carboxylic acids is 1. The lowest BCUT2D eigenvalue weighted by molar-refractivity contribution is -0.149. The zero-order valence-corrected chi connectivity index (χ0v) is 17.6. The molecule has 1 aliphatic rings. The van der Waals surface area contributed by atoms with Gasteiger partial charge in [0.15, 0.2) is 5.54 Å². The van der Waals surface area contributed by atoms with Crippen LogP contribution in [0.4, 0.5) is 4.79 Å². The van der Waals surface area contributed by atoms with Crippen molar-refractivity contribution in [2.75, 3.05) is 19.8 Å². The maximum absolute atomic E-state index is 12.1. The number of hydrogen-bond donors (Lipinski definition) is 5. The Kier molecular flexibility index (Phi) is 7.12. The maximum Gasteiger partial charge on any atom is 0.407 e. The maximum atomic E-state index is 12.1. The van der Waals surface area contributed by atoms with Gasteiger partial charge in [0.2, 0.25) is 5.91 Å². The molecule has 170 valence electrons. The van der Waals surface area contributed by atoms with Gasteiger partial charge in [0.1, 0.15) is 6.61 Å². The van der Waals surface area contributed by atoms with Gasteiger partial charge < -0.3 is 30.7 Å². The number of nitrogens with one attached hydrogen (secondary N) is 2. The van der Waals surface area contributed by atoms with Gasteiger partial charge in [-0.25, -0.2) is 9.59 Å². The molecule has 5 N–H and O–H groups in total. The lowest BCUT2D eigenvalue weighted by atomic mass is 9.98. The molecule has 0 saturated heterocycles. The molecule has 9 heteroatoms. The third-order valence-corrected chi connectivity index (χ3v) is 5.45. The van der Waals surface area contributed by atoms with Gasteiger partial charge in [-0.1, -0.05) is 48.5 Å². The van der Waals surface area contributed by atoms with Crippen LogP contribution in [-0.4, -0.2) is 64.7 Å². The molecule has 1 aliphatic carbocycles. The van der Waals surface area contributed by atoms with Crippen molar-refractivity contribution in [3.63, 3.8) is 0 Å². The highest BCUT2D eigenvalue weighted by Gasteiger charge is 2.34. The number of aliphatic hydroxyl groups is 2. The molecule has 3 rings (SSSR count). The standard InChI is InChI=1S/C23H26N2O7/c1-23(13-26,21(29)30)25-20(28)10-14(27)11-24-22(31)32-12-19-17-8-4-2-6-15(17)16-7-3-5-9-18(16)19/h2-9,14,19,26-27H,10-13H2,1H3,(H,24,31)(H,25,28)(H,29,30). The van der Waals surface area contributed by atoms with Crippen LogP contribution in [0.2, 0.25) is 0 Å². The predicted molar refractivity (Wildman–Crippen MR) is 115 cm³/mol. The van der Waals surface area contributed by atoms with E-state index in [1.165, 1.54) is 0 Å². The zero-order chi connectivity index (χ0) is 23.3. The number of hydrogen-bond acceptors (Lipinski definition) is 6. The first-order chi connectivity index (χ1) is 15.2. The van der Waals surface area contributed by atoms with Crippen molar-refractivity contribution in [1.29, 1.82) is 0 Å². The van der Waals surface area contributed by atoms with Gasteiger partial charge in [0.05, 0.1) is 19.1 Å². The van der Waals surface area contributed by atoms with Crippen molar-refractivity contribution in [3.05, 3.63) is 59.7 Å². The van der Waals surface area contributed by atoms with Crippen LogP contribution in [0.15, 0.2) is 48.5 Å². The second kappa shape index (κ2) is 9.80. The minimum absolute atomic E-state index is 0.101. The molecule has 2 aromatic rings. The normalized spacial score (nSPS) is 15.1. The molecule has 32 heavy (non-hydrogen) atoms. The molecular weight excluding hydrogens is 416 g/mol. The third kappa shape index (κ3) is 5.06. The number of amides is 2. The Labute approximate surface area is 185 Å². The molecule has 0 saturated carbocycles. The fourth-order valence-corrected chi connectivity index (χ4v) is 3.66. The van der Waals surface area contributed by atoms with E-state index < -0.39 is 42.6 Å². The number of alkyl carbamates (subject to hydrolysis) is 1. The summed E-state index contributed by atoms with van der Waals surface area (Å²) >= 11 is 0. The van der Waals surface area contributed by atoms with E-state index in [0.29, 0.717) is 0 Å². The number of aliphatic carboxylic acids is 1. The van der Waals surface area contributed by atoms with Crippen molar-refractivity contribution < 1.29 is 34.4 Å². The van der Waals surface area contributed by atoms with Crippen LogP contribution in [0.3, 0.4) is 0 Å². The summed E-state index contributed by atoms with van der Waals surface area (Å²) in [4.78, 5) is 35.2. The first-order valence-electron chi connectivity index (χ1n) is 10.2. The zero-order valence-electron chi connectivity index (χ0n) is 17.6. The lowest BCUT2D eigenvalue weighted by Gasteiger charge is -2.24. The Hall–Kier alpha value is -3.43. The van der Waals surface area contributed by atoms with Crippen LogP contribution in [-0.2, 0) is 14.3 Å². The molecule has 2 amide bonds. The van der Waals surface area contributed by atoms with Gasteiger partial charge in [-0.2, -0.15) is 0 Å². The Balaban J connectivity index is 1.49. The van der Waals surface area contributed by atoms with E-state index in [4.69, 9.17) is 14.9 Å². The van der Waals surface area contributed by atoms with Gasteiger partial charge in [-0.3, -0.25) is 4.79 Å². The summed E-state index contributed by atoms with van der Waals surface area (Å²) in [6.45, 7) is 0.202. The first-order valence-corrected chi connectivity index (χ1v) is 10.2. The van der Waals surface area contributed by atoms with Gasteiger partial charge in [-0.15, -0.1) is 0 Å². The number of carboxylic acid groups (broad SMARTS) is 1. The molecule has 2 atom stereocenters. The topological polar surface area (TPSA) is 145 Å². The molecule has 0 radical (unpaired) electrons. The van der Waals surface area contributed by atoms with Crippen LogP contribution in [0.5, 0.6) is 0 Å². The van der Waals surface area contributed by atoms with E-state index in [1.807, 2.05) is 48.5 Å². The van der Waals surface area contributed by atoms with Crippen LogP contribution >= 0.6 is 0 Å². The minimum atomic E-state index is -1.85. The van der Waals surface area contributed by atoms with Crippen LogP contribution < -0.4 is 10.6 Å². The molecule has 0 bridgehead atoms. The highest BCUT2D eigenvalue weighted by atomic mass is 16.5. The number of benzene rings is 2. The summed E-state index contributed by atoms with van der Waals surface area (Å²) < 4.78 is 5.35. The highest BCUT2D eigenvalue weighted by molar-refractivity contribution is 5.87. The quantitative estimate of drug-likeness (QED) is 0.393. The number of aliphatic hydroxyl groups excluding tert-OH is 2. The smallest absolute Gasteiger partial charge is 0.407 e. The van der Waals surface area contributed by atoms with Crippen molar-refractivity contribution in [3.8, 4) is 11.1 Å². The highest BCUT2D eigenvalue weighted by Crippen LogP contribution is 2.44. The van der Waals surface area contributed by atoms with Crippen molar-refractivity contribution >= 4 is 18.0 Å².